The maximum Gasteiger partial charge on any atom is 0.0849 e. The topological polar surface area (TPSA) is 37.6 Å². The van der Waals surface area contributed by atoms with Crippen LogP contribution in [0.3, 0.4) is 0 Å². The molecule has 2 aromatic carbocycles. The predicted molar refractivity (Wildman–Crippen MR) is 137 cm³/mol. The van der Waals surface area contributed by atoms with E-state index in [9.17, 15) is 0 Å². The Labute approximate surface area is 209 Å². The van der Waals surface area contributed by atoms with Crippen molar-refractivity contribution in [3.8, 4) is 0 Å². The normalized spacial score (nSPS) is 11.6. The van der Waals surface area contributed by atoms with Crippen LogP contribution in [0.25, 0.3) is 0 Å². The van der Waals surface area contributed by atoms with Crippen LogP contribution in [-0.2, 0) is 17.1 Å². The van der Waals surface area contributed by atoms with E-state index in [1.165, 1.54) is 33.4 Å². The Morgan fingerprint density at radius 3 is 1.25 bits per heavy atom. The van der Waals surface area contributed by atoms with Crippen LogP contribution in [0.1, 0.15) is 58.6 Å². The molecule has 0 radical (unpaired) electrons. The Morgan fingerprint density at radius 1 is 0.625 bits per heavy atom. The second kappa shape index (κ2) is 11.6. The van der Waals surface area contributed by atoms with Gasteiger partial charge >= 0.3 is 0 Å². The van der Waals surface area contributed by atoms with Crippen LogP contribution in [0, 0.1) is 41.5 Å². The van der Waals surface area contributed by atoms with Crippen LogP contribution in [0.2, 0.25) is 0 Å². The zero-order valence-corrected chi connectivity index (χ0v) is 22.1. The van der Waals surface area contributed by atoms with Gasteiger partial charge in [-0.2, -0.15) is 0 Å². The molecular formula is C27H32ClFeN3. The van der Waals surface area contributed by atoms with Crippen molar-refractivity contribution in [1.82, 2.24) is 4.98 Å². The molecule has 0 amide bonds. The molecule has 0 saturated heterocycles. The molecule has 0 aliphatic rings. The van der Waals surface area contributed by atoms with E-state index in [0.29, 0.717) is 0 Å². The molecule has 0 spiro atoms. The first-order chi connectivity index (χ1) is 14.2. The van der Waals surface area contributed by atoms with Crippen LogP contribution >= 0.6 is 12.4 Å². The SMILES string of the molecule is C/C(=N\c1c(C)cc(C)cc1C)c1cccc(/C(C)=N/c2c(C)cc(C)cc2C)n1.Cl.[Fe]. The summed E-state index contributed by atoms with van der Waals surface area (Å²) in [5, 5.41) is 0. The fourth-order valence-electron chi connectivity index (χ4n) is 3.99. The van der Waals surface area contributed by atoms with Crippen LogP contribution < -0.4 is 0 Å². The number of nitrogens with zero attached hydrogens (tertiary/aromatic N) is 3. The number of halogens is 1. The standard InChI is InChI=1S/C27H31N3.ClH.Fe/c1-16-12-18(3)26(19(4)13-16)28-22(7)24-10-9-11-25(30-24)23(8)29-27-20(5)14-17(2)15-21(27)6;;/h9-15H,1-8H3;1H;/b28-22+,29-23+;;. The average molecular weight is 490 g/mol. The summed E-state index contributed by atoms with van der Waals surface area (Å²) in [6, 6.07) is 14.7. The molecule has 3 nitrogen and oxygen atoms in total. The van der Waals surface area contributed by atoms with Gasteiger partial charge in [-0.05, 0) is 89.8 Å². The van der Waals surface area contributed by atoms with E-state index in [2.05, 4.69) is 65.8 Å². The summed E-state index contributed by atoms with van der Waals surface area (Å²) >= 11 is 0. The molecule has 3 aromatic rings. The van der Waals surface area contributed by atoms with Gasteiger partial charge in [0.2, 0.25) is 0 Å². The summed E-state index contributed by atoms with van der Waals surface area (Å²) in [4.78, 5) is 14.7. The summed E-state index contributed by atoms with van der Waals surface area (Å²) in [5.41, 5.74) is 12.9. The number of aryl methyl sites for hydroxylation is 6. The summed E-state index contributed by atoms with van der Waals surface area (Å²) < 4.78 is 0. The van der Waals surface area contributed by atoms with E-state index in [1.807, 2.05) is 32.0 Å². The Morgan fingerprint density at radius 2 is 0.938 bits per heavy atom. The molecule has 5 heteroatoms. The van der Waals surface area contributed by atoms with Crippen LogP contribution in [0.15, 0.2) is 52.4 Å². The van der Waals surface area contributed by atoms with Crippen LogP contribution in [-0.4, -0.2) is 16.4 Å². The number of hydrogen-bond acceptors (Lipinski definition) is 3. The maximum atomic E-state index is 4.91. The predicted octanol–water partition coefficient (Wildman–Crippen LogP) is 7.63. The number of aromatic nitrogens is 1. The van der Waals surface area contributed by atoms with E-state index in [-0.39, 0.29) is 29.5 Å². The molecule has 0 N–H and O–H groups in total. The largest absolute Gasteiger partial charge is 0.251 e. The zero-order chi connectivity index (χ0) is 22.0. The van der Waals surface area contributed by atoms with Gasteiger partial charge in [-0.3, -0.25) is 9.98 Å². The van der Waals surface area contributed by atoms with Crippen LogP contribution in [0.4, 0.5) is 11.4 Å². The molecule has 170 valence electrons. The summed E-state index contributed by atoms with van der Waals surface area (Å²) in [6.45, 7) is 16.7. The Bertz CT molecular complexity index is 1040. The molecule has 0 unspecified atom stereocenters. The number of hydrogen-bond donors (Lipinski definition) is 0. The second-order valence-corrected chi connectivity index (χ2v) is 8.30. The molecule has 3 rings (SSSR count). The van der Waals surface area contributed by atoms with Gasteiger partial charge < -0.3 is 0 Å². The van der Waals surface area contributed by atoms with E-state index >= 15 is 0 Å². The number of aliphatic imine (C=N–C) groups is 2. The molecule has 0 aliphatic carbocycles. The Kier molecular flexibility index (Phi) is 10.0. The second-order valence-electron chi connectivity index (χ2n) is 8.30. The minimum Gasteiger partial charge on any atom is -0.251 e. The Balaban J connectivity index is 0.00000256. The number of rotatable bonds is 4. The van der Waals surface area contributed by atoms with Gasteiger partial charge in [0.15, 0.2) is 0 Å². The average Bonchev–Trinajstić information content (AvgIpc) is 2.67. The van der Waals surface area contributed by atoms with E-state index in [4.69, 9.17) is 15.0 Å². The summed E-state index contributed by atoms with van der Waals surface area (Å²) in [5.74, 6) is 0. The van der Waals surface area contributed by atoms with Gasteiger partial charge in [-0.25, -0.2) is 4.98 Å². The number of benzene rings is 2. The summed E-state index contributed by atoms with van der Waals surface area (Å²) in [6.07, 6.45) is 0. The zero-order valence-electron chi connectivity index (χ0n) is 20.1. The smallest absolute Gasteiger partial charge is 0.0849 e. The van der Waals surface area contributed by atoms with Crippen molar-refractivity contribution >= 4 is 35.2 Å². The minimum atomic E-state index is 0. The minimum absolute atomic E-state index is 0. The van der Waals surface area contributed by atoms with Gasteiger partial charge in [0.25, 0.3) is 0 Å². The van der Waals surface area contributed by atoms with Gasteiger partial charge in [0.1, 0.15) is 0 Å². The van der Waals surface area contributed by atoms with Gasteiger partial charge in [-0.1, -0.05) is 41.5 Å². The third kappa shape index (κ3) is 6.38. The van der Waals surface area contributed by atoms with E-state index < -0.39 is 0 Å². The van der Waals surface area contributed by atoms with Crippen molar-refractivity contribution in [2.75, 3.05) is 0 Å². The molecule has 0 fully saturated rings. The molecule has 1 aromatic heterocycles. The first-order valence-corrected chi connectivity index (χ1v) is 10.4. The first-order valence-electron chi connectivity index (χ1n) is 10.4. The van der Waals surface area contributed by atoms with Crippen molar-refractivity contribution in [2.24, 2.45) is 9.98 Å². The molecule has 0 bridgehead atoms. The molecule has 32 heavy (non-hydrogen) atoms. The van der Waals surface area contributed by atoms with Crippen molar-refractivity contribution in [3.05, 3.63) is 87.2 Å². The van der Waals surface area contributed by atoms with Crippen molar-refractivity contribution in [1.29, 1.82) is 0 Å². The van der Waals surface area contributed by atoms with Gasteiger partial charge in [-0.15, -0.1) is 12.4 Å². The molecule has 1 heterocycles. The van der Waals surface area contributed by atoms with Crippen molar-refractivity contribution in [3.63, 3.8) is 0 Å². The van der Waals surface area contributed by atoms with E-state index in [0.717, 1.165) is 34.2 Å². The first kappa shape index (κ1) is 27.8. The molecule has 0 saturated carbocycles. The molecule has 0 atom stereocenters. The summed E-state index contributed by atoms with van der Waals surface area (Å²) in [7, 11) is 0. The third-order valence-electron chi connectivity index (χ3n) is 5.32. The maximum absolute atomic E-state index is 4.91. The fraction of sp³-hybridized carbons (Fsp3) is 0.296. The van der Waals surface area contributed by atoms with Gasteiger partial charge in [0.05, 0.1) is 34.2 Å². The van der Waals surface area contributed by atoms with Crippen LogP contribution in [0.5, 0.6) is 0 Å². The van der Waals surface area contributed by atoms with Crippen molar-refractivity contribution < 1.29 is 17.1 Å². The fourth-order valence-corrected chi connectivity index (χ4v) is 3.99. The van der Waals surface area contributed by atoms with E-state index in [1.54, 1.807) is 0 Å². The molecular weight excluding hydrogens is 458 g/mol. The van der Waals surface area contributed by atoms with Crippen molar-refractivity contribution in [2.45, 2.75) is 55.4 Å². The monoisotopic (exact) mass is 489 g/mol. The number of pyridine rings is 1. The third-order valence-corrected chi connectivity index (χ3v) is 5.32. The van der Waals surface area contributed by atoms with Gasteiger partial charge in [0, 0.05) is 17.1 Å². The molecule has 0 aliphatic heterocycles. The Hall–Kier alpha value is -2.26. The quantitative estimate of drug-likeness (QED) is 0.274.